The van der Waals surface area contributed by atoms with Crippen LogP contribution in [0.5, 0.6) is 0 Å². The normalized spacial score (nSPS) is 16.1. The first kappa shape index (κ1) is 15.5. The molecule has 0 radical (unpaired) electrons. The standard InChI is InChI=1S/C14H24N2O3S/c1-5-16(9-12-6-7-12)20(17,18)14-11(3)19-10(2)13(14)8-15-4/h12,15H,5-9H2,1-4H3. The fraction of sp³-hybridized carbons (Fsp3) is 0.714. The highest BCUT2D eigenvalue weighted by molar-refractivity contribution is 7.89. The number of sulfonamides is 1. The molecular weight excluding hydrogens is 276 g/mol. The first-order valence-corrected chi connectivity index (χ1v) is 8.59. The van der Waals surface area contributed by atoms with Gasteiger partial charge in [-0.3, -0.25) is 0 Å². The van der Waals surface area contributed by atoms with E-state index in [4.69, 9.17) is 4.42 Å². The van der Waals surface area contributed by atoms with Gasteiger partial charge in [-0.25, -0.2) is 8.42 Å². The minimum Gasteiger partial charge on any atom is -0.465 e. The molecule has 1 aromatic heterocycles. The maximum absolute atomic E-state index is 12.9. The molecule has 0 spiro atoms. The van der Waals surface area contributed by atoms with Crippen molar-refractivity contribution in [3.05, 3.63) is 17.1 Å². The molecule has 1 aromatic rings. The Labute approximate surface area is 121 Å². The quantitative estimate of drug-likeness (QED) is 0.837. The molecule has 114 valence electrons. The Hall–Kier alpha value is -0.850. The topological polar surface area (TPSA) is 62.6 Å². The number of nitrogens with one attached hydrogen (secondary N) is 1. The first-order chi connectivity index (χ1) is 9.41. The van der Waals surface area contributed by atoms with Gasteiger partial charge >= 0.3 is 0 Å². The first-order valence-electron chi connectivity index (χ1n) is 7.15. The van der Waals surface area contributed by atoms with Crippen molar-refractivity contribution in [1.82, 2.24) is 9.62 Å². The van der Waals surface area contributed by atoms with E-state index < -0.39 is 10.0 Å². The van der Waals surface area contributed by atoms with Gasteiger partial charge in [0.2, 0.25) is 10.0 Å². The molecule has 0 unspecified atom stereocenters. The van der Waals surface area contributed by atoms with Gasteiger partial charge in [-0.05, 0) is 39.7 Å². The van der Waals surface area contributed by atoms with Crippen LogP contribution < -0.4 is 5.32 Å². The second kappa shape index (κ2) is 5.87. The third kappa shape index (κ3) is 2.92. The molecule has 0 aliphatic heterocycles. The van der Waals surface area contributed by atoms with E-state index in [0.29, 0.717) is 42.0 Å². The molecule has 0 bridgehead atoms. The molecule has 5 nitrogen and oxygen atoms in total. The Morgan fingerprint density at radius 2 is 1.95 bits per heavy atom. The molecule has 1 aliphatic rings. The van der Waals surface area contributed by atoms with E-state index in [9.17, 15) is 8.42 Å². The molecule has 1 heterocycles. The van der Waals surface area contributed by atoms with Crippen LogP contribution in [0.25, 0.3) is 0 Å². The summed E-state index contributed by atoms with van der Waals surface area (Å²) in [6, 6.07) is 0. The lowest BCUT2D eigenvalue weighted by molar-refractivity contribution is 0.409. The van der Waals surface area contributed by atoms with Gasteiger partial charge < -0.3 is 9.73 Å². The van der Waals surface area contributed by atoms with Gasteiger partial charge in [0.25, 0.3) is 0 Å². The van der Waals surface area contributed by atoms with Crippen LogP contribution >= 0.6 is 0 Å². The molecule has 6 heteroatoms. The van der Waals surface area contributed by atoms with E-state index in [2.05, 4.69) is 5.32 Å². The van der Waals surface area contributed by atoms with Gasteiger partial charge in [0.15, 0.2) is 0 Å². The van der Waals surface area contributed by atoms with E-state index in [1.165, 1.54) is 0 Å². The molecule has 0 atom stereocenters. The summed E-state index contributed by atoms with van der Waals surface area (Å²) in [6.07, 6.45) is 2.28. The van der Waals surface area contributed by atoms with Crippen molar-refractivity contribution in [3.8, 4) is 0 Å². The van der Waals surface area contributed by atoms with E-state index >= 15 is 0 Å². The molecule has 1 N–H and O–H groups in total. The molecule has 1 aliphatic carbocycles. The van der Waals surface area contributed by atoms with Crippen LogP contribution in [0, 0.1) is 19.8 Å². The van der Waals surface area contributed by atoms with Gasteiger partial charge in [-0.2, -0.15) is 4.31 Å². The van der Waals surface area contributed by atoms with Crippen molar-refractivity contribution in [2.24, 2.45) is 5.92 Å². The van der Waals surface area contributed by atoms with Crippen molar-refractivity contribution in [2.75, 3.05) is 20.1 Å². The van der Waals surface area contributed by atoms with E-state index in [1.54, 1.807) is 18.3 Å². The maximum Gasteiger partial charge on any atom is 0.246 e. The molecule has 20 heavy (non-hydrogen) atoms. The van der Waals surface area contributed by atoms with Gasteiger partial charge in [0.1, 0.15) is 16.4 Å². The summed E-state index contributed by atoms with van der Waals surface area (Å²) in [5.74, 6) is 1.70. The third-order valence-corrected chi connectivity index (χ3v) is 5.92. The Bertz CT molecular complexity index is 573. The van der Waals surface area contributed by atoms with Crippen LogP contribution in [0.2, 0.25) is 0 Å². The van der Waals surface area contributed by atoms with E-state index in [-0.39, 0.29) is 0 Å². The van der Waals surface area contributed by atoms with Gasteiger partial charge in [0, 0.05) is 25.2 Å². The molecule has 0 saturated heterocycles. The minimum atomic E-state index is -3.47. The Morgan fingerprint density at radius 3 is 2.45 bits per heavy atom. The summed E-state index contributed by atoms with van der Waals surface area (Å²) in [4.78, 5) is 0.354. The fourth-order valence-corrected chi connectivity index (χ4v) is 4.48. The van der Waals surface area contributed by atoms with Crippen LogP contribution in [0.3, 0.4) is 0 Å². The van der Waals surface area contributed by atoms with Crippen molar-refractivity contribution >= 4 is 10.0 Å². The van der Waals surface area contributed by atoms with Crippen LogP contribution in [-0.4, -0.2) is 32.9 Å². The summed E-state index contributed by atoms with van der Waals surface area (Å²) >= 11 is 0. The number of hydrogen-bond donors (Lipinski definition) is 1. The van der Waals surface area contributed by atoms with Crippen molar-refractivity contribution in [2.45, 2.75) is 45.1 Å². The highest BCUT2D eigenvalue weighted by Gasteiger charge is 2.34. The summed E-state index contributed by atoms with van der Waals surface area (Å²) in [6.45, 7) is 7.06. The highest BCUT2D eigenvalue weighted by atomic mass is 32.2. The number of aryl methyl sites for hydroxylation is 2. The zero-order valence-electron chi connectivity index (χ0n) is 12.7. The predicted molar refractivity (Wildman–Crippen MR) is 78.1 cm³/mol. The van der Waals surface area contributed by atoms with Gasteiger partial charge in [-0.1, -0.05) is 6.92 Å². The monoisotopic (exact) mass is 300 g/mol. The lowest BCUT2D eigenvalue weighted by atomic mass is 10.2. The molecule has 0 aromatic carbocycles. The largest absolute Gasteiger partial charge is 0.465 e. The summed E-state index contributed by atoms with van der Waals surface area (Å²) < 4.78 is 32.9. The summed E-state index contributed by atoms with van der Waals surface area (Å²) in [7, 11) is -1.66. The highest BCUT2D eigenvalue weighted by Crippen LogP contribution is 2.34. The van der Waals surface area contributed by atoms with Crippen LogP contribution in [-0.2, 0) is 16.6 Å². The minimum absolute atomic E-state index is 0.354. The summed E-state index contributed by atoms with van der Waals surface area (Å²) in [5, 5.41) is 3.02. The smallest absolute Gasteiger partial charge is 0.246 e. The average Bonchev–Trinajstić information content (AvgIpc) is 3.13. The number of furan rings is 1. The van der Waals surface area contributed by atoms with Crippen molar-refractivity contribution < 1.29 is 12.8 Å². The average molecular weight is 300 g/mol. The second-order valence-corrected chi connectivity index (χ2v) is 7.33. The molecular formula is C14H24N2O3S. The third-order valence-electron chi connectivity index (χ3n) is 3.79. The van der Waals surface area contributed by atoms with Crippen LogP contribution in [0.1, 0.15) is 36.8 Å². The Balaban J connectivity index is 2.41. The summed E-state index contributed by atoms with van der Waals surface area (Å²) in [5.41, 5.74) is 0.749. The number of hydrogen-bond acceptors (Lipinski definition) is 4. The maximum atomic E-state index is 12.9. The lowest BCUT2D eigenvalue weighted by Gasteiger charge is -2.20. The second-order valence-electron chi connectivity index (χ2n) is 5.45. The zero-order chi connectivity index (χ0) is 14.9. The SMILES string of the molecule is CCN(CC1CC1)S(=O)(=O)c1c(C)oc(C)c1CNC. The van der Waals surface area contributed by atoms with E-state index in [0.717, 1.165) is 18.4 Å². The van der Waals surface area contributed by atoms with Gasteiger partial charge in [0.05, 0.1) is 0 Å². The predicted octanol–water partition coefficient (Wildman–Crippen LogP) is 2.04. The van der Waals surface area contributed by atoms with Gasteiger partial charge in [-0.15, -0.1) is 0 Å². The Kier molecular flexibility index (Phi) is 4.56. The van der Waals surface area contributed by atoms with Crippen LogP contribution in [0.4, 0.5) is 0 Å². The molecule has 1 fully saturated rings. The van der Waals surface area contributed by atoms with E-state index in [1.807, 2.05) is 13.8 Å². The van der Waals surface area contributed by atoms with Crippen LogP contribution in [0.15, 0.2) is 9.31 Å². The Morgan fingerprint density at radius 1 is 1.30 bits per heavy atom. The molecule has 0 amide bonds. The number of rotatable bonds is 7. The fourth-order valence-electron chi connectivity index (χ4n) is 2.54. The molecule has 1 saturated carbocycles. The van der Waals surface area contributed by atoms with Crippen molar-refractivity contribution in [3.63, 3.8) is 0 Å². The number of nitrogens with zero attached hydrogens (tertiary/aromatic N) is 1. The lowest BCUT2D eigenvalue weighted by Crippen LogP contribution is -2.33. The van der Waals surface area contributed by atoms with Crippen molar-refractivity contribution in [1.29, 1.82) is 0 Å². The zero-order valence-corrected chi connectivity index (χ0v) is 13.5. The molecule has 2 rings (SSSR count).